The molecule has 0 bridgehead atoms. The Morgan fingerprint density at radius 3 is 2.50 bits per heavy atom. The number of pyridine rings is 1. The number of rotatable bonds is 3. The maximum atomic E-state index is 4.66. The second-order valence-electron chi connectivity index (χ2n) is 5.11. The Labute approximate surface area is 119 Å². The molecular weight excluding hydrogens is 244 g/mol. The molecule has 2 heteroatoms. The van der Waals surface area contributed by atoms with E-state index >= 15 is 0 Å². The molecule has 1 heterocycles. The highest BCUT2D eigenvalue weighted by atomic mass is 15.0. The molecule has 0 amide bonds. The van der Waals surface area contributed by atoms with E-state index in [1.165, 1.54) is 16.5 Å². The van der Waals surface area contributed by atoms with E-state index in [0.29, 0.717) is 0 Å². The van der Waals surface area contributed by atoms with Gasteiger partial charge < -0.3 is 5.32 Å². The van der Waals surface area contributed by atoms with Crippen molar-refractivity contribution in [3.8, 4) is 0 Å². The molecule has 0 saturated carbocycles. The van der Waals surface area contributed by atoms with E-state index in [1.807, 2.05) is 24.3 Å². The Hall–Kier alpha value is -2.35. The number of nitrogens with zero attached hydrogens (tertiary/aromatic N) is 1. The van der Waals surface area contributed by atoms with Crippen molar-refractivity contribution in [3.05, 3.63) is 71.8 Å². The Balaban J connectivity index is 1.87. The van der Waals surface area contributed by atoms with Gasteiger partial charge in [0.1, 0.15) is 5.82 Å². The van der Waals surface area contributed by atoms with E-state index in [9.17, 15) is 0 Å². The van der Waals surface area contributed by atoms with Crippen molar-refractivity contribution < 1.29 is 0 Å². The van der Waals surface area contributed by atoms with Crippen LogP contribution in [0.4, 0.5) is 5.82 Å². The average molecular weight is 262 g/mol. The highest BCUT2D eigenvalue weighted by Gasteiger charge is 2.08. The molecule has 0 aliphatic heterocycles. The monoisotopic (exact) mass is 262 g/mol. The molecule has 0 aliphatic rings. The Morgan fingerprint density at radius 1 is 0.900 bits per heavy atom. The van der Waals surface area contributed by atoms with Gasteiger partial charge in [0.2, 0.25) is 0 Å². The molecule has 100 valence electrons. The van der Waals surface area contributed by atoms with Crippen LogP contribution in [0.3, 0.4) is 0 Å². The third-order valence-corrected chi connectivity index (χ3v) is 3.62. The molecule has 0 fully saturated rings. The molecule has 1 atom stereocenters. The lowest BCUT2D eigenvalue weighted by Gasteiger charge is -2.17. The zero-order valence-corrected chi connectivity index (χ0v) is 11.8. The van der Waals surface area contributed by atoms with Crippen molar-refractivity contribution in [2.24, 2.45) is 0 Å². The minimum Gasteiger partial charge on any atom is -0.364 e. The summed E-state index contributed by atoms with van der Waals surface area (Å²) >= 11 is 0. The summed E-state index contributed by atoms with van der Waals surface area (Å²) in [5, 5.41) is 4.65. The highest BCUT2D eigenvalue weighted by molar-refractivity contribution is 5.80. The summed E-state index contributed by atoms with van der Waals surface area (Å²) in [7, 11) is 0. The van der Waals surface area contributed by atoms with Gasteiger partial charge in [0, 0.05) is 5.39 Å². The smallest absolute Gasteiger partial charge is 0.127 e. The summed E-state index contributed by atoms with van der Waals surface area (Å²) in [6, 6.07) is 21.0. The number of hydrogen-bond acceptors (Lipinski definition) is 2. The number of aromatic nitrogens is 1. The summed E-state index contributed by atoms with van der Waals surface area (Å²) in [6.07, 6.45) is 0. The molecule has 0 saturated heterocycles. The van der Waals surface area contributed by atoms with E-state index < -0.39 is 0 Å². The van der Waals surface area contributed by atoms with Crippen LogP contribution in [-0.2, 0) is 0 Å². The second-order valence-corrected chi connectivity index (χ2v) is 5.11. The van der Waals surface area contributed by atoms with Crippen LogP contribution in [0, 0.1) is 6.92 Å². The third-order valence-electron chi connectivity index (χ3n) is 3.62. The first kappa shape index (κ1) is 12.7. The van der Waals surface area contributed by atoms with Gasteiger partial charge in [0.05, 0.1) is 11.6 Å². The SMILES string of the molecule is Cc1ccccc1C(C)Nc1ccc2ccccc2n1. The number of aryl methyl sites for hydroxylation is 1. The first-order valence-electron chi connectivity index (χ1n) is 6.92. The van der Waals surface area contributed by atoms with Crippen LogP contribution in [-0.4, -0.2) is 4.98 Å². The predicted molar refractivity (Wildman–Crippen MR) is 85.0 cm³/mol. The molecule has 20 heavy (non-hydrogen) atoms. The lowest BCUT2D eigenvalue weighted by Crippen LogP contribution is -2.09. The van der Waals surface area contributed by atoms with Gasteiger partial charge in [0.15, 0.2) is 0 Å². The normalized spacial score (nSPS) is 12.3. The van der Waals surface area contributed by atoms with Gasteiger partial charge in [-0.05, 0) is 43.2 Å². The molecule has 1 unspecified atom stereocenters. The second kappa shape index (κ2) is 5.33. The van der Waals surface area contributed by atoms with Gasteiger partial charge >= 0.3 is 0 Å². The zero-order chi connectivity index (χ0) is 13.9. The van der Waals surface area contributed by atoms with E-state index in [2.05, 4.69) is 60.5 Å². The summed E-state index contributed by atoms with van der Waals surface area (Å²) < 4.78 is 0. The number of fused-ring (bicyclic) bond motifs is 1. The van der Waals surface area contributed by atoms with Crippen LogP contribution >= 0.6 is 0 Å². The quantitative estimate of drug-likeness (QED) is 0.739. The van der Waals surface area contributed by atoms with E-state index in [0.717, 1.165) is 11.3 Å². The van der Waals surface area contributed by atoms with Crippen molar-refractivity contribution in [1.29, 1.82) is 0 Å². The first-order valence-corrected chi connectivity index (χ1v) is 6.92. The number of benzene rings is 2. The van der Waals surface area contributed by atoms with Crippen molar-refractivity contribution in [2.45, 2.75) is 19.9 Å². The summed E-state index contributed by atoms with van der Waals surface area (Å²) in [5.41, 5.74) is 3.63. The lowest BCUT2D eigenvalue weighted by molar-refractivity contribution is 0.866. The van der Waals surface area contributed by atoms with Crippen LogP contribution in [0.5, 0.6) is 0 Å². The molecule has 2 nitrogen and oxygen atoms in total. The van der Waals surface area contributed by atoms with Crippen LogP contribution in [0.2, 0.25) is 0 Å². The minimum atomic E-state index is 0.241. The third kappa shape index (κ3) is 2.50. The first-order chi connectivity index (χ1) is 9.74. The average Bonchev–Trinajstić information content (AvgIpc) is 2.47. The van der Waals surface area contributed by atoms with Gasteiger partial charge in [-0.2, -0.15) is 0 Å². The zero-order valence-electron chi connectivity index (χ0n) is 11.8. The lowest BCUT2D eigenvalue weighted by atomic mass is 10.0. The molecule has 3 aromatic rings. The molecule has 3 rings (SSSR count). The Kier molecular flexibility index (Phi) is 3.38. The maximum Gasteiger partial charge on any atom is 0.127 e. The fraction of sp³-hybridized carbons (Fsp3) is 0.167. The molecule has 0 radical (unpaired) electrons. The van der Waals surface area contributed by atoms with Gasteiger partial charge in [-0.1, -0.05) is 42.5 Å². The molecular formula is C18H18N2. The van der Waals surface area contributed by atoms with E-state index in [4.69, 9.17) is 0 Å². The fourth-order valence-corrected chi connectivity index (χ4v) is 2.52. The standard InChI is InChI=1S/C18H18N2/c1-13-7-3-5-9-16(13)14(2)19-18-12-11-15-8-4-6-10-17(15)20-18/h3-12,14H,1-2H3,(H,19,20). The van der Waals surface area contributed by atoms with Crippen LogP contribution in [0.15, 0.2) is 60.7 Å². The number of anilines is 1. The van der Waals surface area contributed by atoms with E-state index in [-0.39, 0.29) is 6.04 Å². The van der Waals surface area contributed by atoms with Gasteiger partial charge in [-0.15, -0.1) is 0 Å². The van der Waals surface area contributed by atoms with Crippen LogP contribution in [0.1, 0.15) is 24.1 Å². The summed E-state index contributed by atoms with van der Waals surface area (Å²) in [4.78, 5) is 4.66. The maximum absolute atomic E-state index is 4.66. The van der Waals surface area contributed by atoms with Crippen molar-refractivity contribution in [1.82, 2.24) is 4.98 Å². The van der Waals surface area contributed by atoms with Crippen molar-refractivity contribution in [3.63, 3.8) is 0 Å². The number of nitrogens with one attached hydrogen (secondary N) is 1. The van der Waals surface area contributed by atoms with Crippen molar-refractivity contribution in [2.75, 3.05) is 5.32 Å². The molecule has 0 spiro atoms. The summed E-state index contributed by atoms with van der Waals surface area (Å²) in [6.45, 7) is 4.31. The highest BCUT2D eigenvalue weighted by Crippen LogP contribution is 2.22. The molecule has 1 aromatic heterocycles. The van der Waals surface area contributed by atoms with E-state index in [1.54, 1.807) is 0 Å². The van der Waals surface area contributed by atoms with Gasteiger partial charge in [-0.3, -0.25) is 0 Å². The summed E-state index contributed by atoms with van der Waals surface area (Å²) in [5.74, 6) is 0.916. The van der Waals surface area contributed by atoms with Crippen LogP contribution < -0.4 is 5.32 Å². The van der Waals surface area contributed by atoms with Crippen LogP contribution in [0.25, 0.3) is 10.9 Å². The molecule has 1 N–H and O–H groups in total. The number of para-hydroxylation sites is 1. The van der Waals surface area contributed by atoms with Gasteiger partial charge in [0.25, 0.3) is 0 Å². The fourth-order valence-electron chi connectivity index (χ4n) is 2.52. The molecule has 0 aliphatic carbocycles. The largest absolute Gasteiger partial charge is 0.364 e. The Bertz CT molecular complexity index is 734. The van der Waals surface area contributed by atoms with Crippen molar-refractivity contribution >= 4 is 16.7 Å². The van der Waals surface area contributed by atoms with Gasteiger partial charge in [-0.25, -0.2) is 4.98 Å². The number of hydrogen-bond donors (Lipinski definition) is 1. The predicted octanol–water partition coefficient (Wildman–Crippen LogP) is 4.72. The topological polar surface area (TPSA) is 24.9 Å². The Morgan fingerprint density at radius 2 is 1.65 bits per heavy atom. The minimum absolute atomic E-state index is 0.241. The molecule has 2 aromatic carbocycles.